The summed E-state index contributed by atoms with van der Waals surface area (Å²) in [5, 5.41) is 7.43. The highest BCUT2D eigenvalue weighted by molar-refractivity contribution is 5.30. The molecule has 0 aliphatic carbocycles. The summed E-state index contributed by atoms with van der Waals surface area (Å²) >= 11 is 0. The largest absolute Gasteiger partial charge is 0.313 e. The lowest BCUT2D eigenvalue weighted by molar-refractivity contribution is 0.530. The van der Waals surface area contributed by atoms with Crippen LogP contribution in [-0.4, -0.2) is 21.8 Å². The van der Waals surface area contributed by atoms with E-state index in [9.17, 15) is 4.39 Å². The molecule has 1 atom stereocenters. The van der Waals surface area contributed by atoms with E-state index in [1.165, 1.54) is 6.07 Å². The van der Waals surface area contributed by atoms with Gasteiger partial charge in [-0.2, -0.15) is 5.10 Å². The summed E-state index contributed by atoms with van der Waals surface area (Å²) in [6.07, 6.45) is 2.31. The Labute approximate surface area is 112 Å². The zero-order valence-corrected chi connectivity index (χ0v) is 11.5. The molecule has 5 heteroatoms. The summed E-state index contributed by atoms with van der Waals surface area (Å²) < 4.78 is 15.0. The Kier molecular flexibility index (Phi) is 4.27. The molecule has 1 heterocycles. The first-order valence-electron chi connectivity index (χ1n) is 6.45. The Morgan fingerprint density at radius 2 is 2.21 bits per heavy atom. The Morgan fingerprint density at radius 3 is 2.84 bits per heavy atom. The van der Waals surface area contributed by atoms with Gasteiger partial charge in [-0.25, -0.2) is 9.37 Å². The van der Waals surface area contributed by atoms with Crippen LogP contribution >= 0.6 is 0 Å². The summed E-state index contributed by atoms with van der Waals surface area (Å²) in [6.45, 7) is 4.76. The van der Waals surface area contributed by atoms with E-state index in [-0.39, 0.29) is 11.9 Å². The van der Waals surface area contributed by atoms with Crippen LogP contribution in [0, 0.1) is 12.7 Å². The minimum atomic E-state index is -0.201. The number of hydrogen-bond donors (Lipinski definition) is 1. The molecule has 0 saturated carbocycles. The second-order valence-corrected chi connectivity index (χ2v) is 4.54. The molecule has 2 aromatic rings. The predicted octanol–water partition coefficient (Wildman–Crippen LogP) is 2.25. The molecule has 1 unspecified atom stereocenters. The molecule has 102 valence electrons. The van der Waals surface area contributed by atoms with Gasteiger partial charge in [0.05, 0.1) is 0 Å². The number of aromatic nitrogens is 3. The van der Waals surface area contributed by atoms with Crippen molar-refractivity contribution in [2.24, 2.45) is 0 Å². The second kappa shape index (κ2) is 5.93. The van der Waals surface area contributed by atoms with Gasteiger partial charge in [-0.3, -0.25) is 4.68 Å². The van der Waals surface area contributed by atoms with Crippen LogP contribution in [0.5, 0.6) is 0 Å². The van der Waals surface area contributed by atoms with Crippen molar-refractivity contribution in [1.29, 1.82) is 0 Å². The molecule has 0 radical (unpaired) electrons. The van der Waals surface area contributed by atoms with Crippen LogP contribution in [-0.2, 0) is 13.0 Å². The number of benzene rings is 1. The first-order valence-corrected chi connectivity index (χ1v) is 6.45. The number of aryl methyl sites for hydroxylation is 2. The van der Waals surface area contributed by atoms with Crippen molar-refractivity contribution in [3.8, 4) is 0 Å². The normalized spacial score (nSPS) is 12.6. The first-order chi connectivity index (χ1) is 9.15. The van der Waals surface area contributed by atoms with Gasteiger partial charge in [-0.1, -0.05) is 6.07 Å². The van der Waals surface area contributed by atoms with Gasteiger partial charge in [0.2, 0.25) is 0 Å². The number of rotatable bonds is 5. The third-order valence-corrected chi connectivity index (χ3v) is 3.34. The van der Waals surface area contributed by atoms with Crippen LogP contribution in [0.2, 0.25) is 0 Å². The van der Waals surface area contributed by atoms with Crippen molar-refractivity contribution in [3.05, 3.63) is 47.3 Å². The zero-order valence-electron chi connectivity index (χ0n) is 11.5. The molecule has 0 aliphatic heterocycles. The number of likely N-dealkylation sites (N-methyl/N-ethyl adjacent to an activating group) is 1. The molecule has 1 aromatic heterocycles. The summed E-state index contributed by atoms with van der Waals surface area (Å²) in [7, 11) is 1.90. The summed E-state index contributed by atoms with van der Waals surface area (Å²) in [5.41, 5.74) is 2.04. The molecule has 0 aliphatic rings. The van der Waals surface area contributed by atoms with Crippen LogP contribution < -0.4 is 5.32 Å². The molecule has 0 bridgehead atoms. The molecule has 1 N–H and O–H groups in total. The highest BCUT2D eigenvalue weighted by Gasteiger charge is 2.16. The number of halogens is 1. The minimum absolute atomic E-state index is 0.107. The molecular formula is C14H19FN4. The van der Waals surface area contributed by atoms with E-state index >= 15 is 0 Å². The van der Waals surface area contributed by atoms with E-state index in [0.29, 0.717) is 0 Å². The van der Waals surface area contributed by atoms with Crippen molar-refractivity contribution in [3.63, 3.8) is 0 Å². The van der Waals surface area contributed by atoms with Crippen LogP contribution in [0.4, 0.5) is 4.39 Å². The Hall–Kier alpha value is -1.75. The van der Waals surface area contributed by atoms with Gasteiger partial charge in [0.25, 0.3) is 0 Å². The lowest BCUT2D eigenvalue weighted by Crippen LogP contribution is -2.22. The average molecular weight is 262 g/mol. The molecule has 19 heavy (non-hydrogen) atoms. The third kappa shape index (κ3) is 2.98. The van der Waals surface area contributed by atoms with E-state index in [0.717, 1.165) is 29.9 Å². The van der Waals surface area contributed by atoms with E-state index in [2.05, 4.69) is 15.4 Å². The Balaban J connectivity index is 2.25. The van der Waals surface area contributed by atoms with Crippen molar-refractivity contribution < 1.29 is 4.39 Å². The monoisotopic (exact) mass is 262 g/mol. The fourth-order valence-electron chi connectivity index (χ4n) is 2.29. The maximum atomic E-state index is 13.2. The van der Waals surface area contributed by atoms with Gasteiger partial charge >= 0.3 is 0 Å². The number of hydrogen-bond acceptors (Lipinski definition) is 3. The van der Waals surface area contributed by atoms with Crippen LogP contribution in [0.1, 0.15) is 29.9 Å². The van der Waals surface area contributed by atoms with E-state index in [1.54, 1.807) is 12.4 Å². The fourth-order valence-corrected chi connectivity index (χ4v) is 2.29. The Bertz CT molecular complexity index is 550. The molecule has 1 aromatic carbocycles. The highest BCUT2D eigenvalue weighted by Crippen LogP contribution is 2.21. The van der Waals surface area contributed by atoms with Crippen LogP contribution in [0.25, 0.3) is 0 Å². The van der Waals surface area contributed by atoms with Crippen molar-refractivity contribution >= 4 is 0 Å². The van der Waals surface area contributed by atoms with Crippen molar-refractivity contribution in [2.75, 3.05) is 7.05 Å². The lowest BCUT2D eigenvalue weighted by Gasteiger charge is -2.18. The molecule has 0 spiro atoms. The van der Waals surface area contributed by atoms with Crippen molar-refractivity contribution in [2.45, 2.75) is 32.9 Å². The Morgan fingerprint density at radius 1 is 1.42 bits per heavy atom. The fraction of sp³-hybridized carbons (Fsp3) is 0.429. The molecule has 0 amide bonds. The van der Waals surface area contributed by atoms with Crippen LogP contribution in [0.15, 0.2) is 24.5 Å². The van der Waals surface area contributed by atoms with E-state index < -0.39 is 0 Å². The molecule has 2 rings (SSSR count). The zero-order chi connectivity index (χ0) is 13.8. The summed E-state index contributed by atoms with van der Waals surface area (Å²) in [6, 6.07) is 5.00. The van der Waals surface area contributed by atoms with Crippen molar-refractivity contribution in [1.82, 2.24) is 20.1 Å². The first kappa shape index (κ1) is 13.7. The molecular weight excluding hydrogens is 243 g/mol. The van der Waals surface area contributed by atoms with Gasteiger partial charge in [-0.05, 0) is 44.2 Å². The maximum Gasteiger partial charge on any atom is 0.138 e. The number of nitrogens with one attached hydrogen (secondary N) is 1. The molecule has 4 nitrogen and oxygen atoms in total. The van der Waals surface area contributed by atoms with Gasteiger partial charge in [0, 0.05) is 19.0 Å². The second-order valence-electron chi connectivity index (χ2n) is 4.54. The van der Waals surface area contributed by atoms with Gasteiger partial charge in [0.1, 0.15) is 18.0 Å². The van der Waals surface area contributed by atoms with E-state index in [1.807, 2.05) is 31.6 Å². The summed E-state index contributed by atoms with van der Waals surface area (Å²) in [4.78, 5) is 4.29. The average Bonchev–Trinajstić information content (AvgIpc) is 2.84. The van der Waals surface area contributed by atoms with E-state index in [4.69, 9.17) is 0 Å². The predicted molar refractivity (Wildman–Crippen MR) is 72.3 cm³/mol. The highest BCUT2D eigenvalue weighted by atomic mass is 19.1. The SMILES string of the molecule is CCn1ncnc1CC(NC)c1ccc(F)cc1C. The minimum Gasteiger partial charge on any atom is -0.313 e. The van der Waals surface area contributed by atoms with Crippen LogP contribution in [0.3, 0.4) is 0 Å². The standard InChI is InChI=1S/C14H19FN4/c1-4-19-14(17-9-18-19)8-13(16-3)12-6-5-11(15)7-10(12)2/h5-7,9,13,16H,4,8H2,1-3H3. The van der Waals surface area contributed by atoms with Gasteiger partial charge in [-0.15, -0.1) is 0 Å². The quantitative estimate of drug-likeness (QED) is 0.898. The number of nitrogens with zero attached hydrogens (tertiary/aromatic N) is 3. The van der Waals surface area contributed by atoms with Gasteiger partial charge in [0.15, 0.2) is 0 Å². The lowest BCUT2D eigenvalue weighted by atomic mass is 9.98. The summed E-state index contributed by atoms with van der Waals surface area (Å²) in [5.74, 6) is 0.735. The smallest absolute Gasteiger partial charge is 0.138 e. The third-order valence-electron chi connectivity index (χ3n) is 3.34. The maximum absolute atomic E-state index is 13.2. The topological polar surface area (TPSA) is 42.7 Å². The molecule has 0 saturated heterocycles. The molecule has 0 fully saturated rings. The van der Waals surface area contributed by atoms with Gasteiger partial charge < -0.3 is 5.32 Å².